The van der Waals surface area contributed by atoms with E-state index in [1.54, 1.807) is 0 Å². The number of benzene rings is 1. The van der Waals surface area contributed by atoms with Gasteiger partial charge in [-0.2, -0.15) is 0 Å². The first-order chi connectivity index (χ1) is 9.36. The molecule has 1 heterocycles. The molecular weight excluding hydrogens is 240 g/mol. The van der Waals surface area contributed by atoms with Gasteiger partial charge in [-0.05, 0) is 25.0 Å². The van der Waals surface area contributed by atoms with Crippen LogP contribution in [0, 0.1) is 17.8 Å². The number of carbonyl (C=O) groups excluding carboxylic acids is 1. The highest BCUT2D eigenvalue weighted by Crippen LogP contribution is 2.14. The topological polar surface area (TPSA) is 35.5 Å². The van der Waals surface area contributed by atoms with E-state index in [1.807, 2.05) is 30.3 Å². The van der Waals surface area contributed by atoms with Crippen LogP contribution in [0.4, 0.5) is 0 Å². The molecule has 19 heavy (non-hydrogen) atoms. The van der Waals surface area contributed by atoms with Crippen LogP contribution in [-0.4, -0.2) is 25.8 Å². The minimum absolute atomic E-state index is 0.0872. The fourth-order valence-corrected chi connectivity index (χ4v) is 1.93. The van der Waals surface area contributed by atoms with Crippen molar-refractivity contribution in [3.8, 4) is 11.8 Å². The quantitative estimate of drug-likeness (QED) is 0.474. The molecule has 0 aromatic heterocycles. The average molecular weight is 258 g/mol. The van der Waals surface area contributed by atoms with Crippen LogP contribution < -0.4 is 0 Å². The van der Waals surface area contributed by atoms with Crippen molar-refractivity contribution in [2.45, 2.75) is 19.3 Å². The third-order valence-electron chi connectivity index (χ3n) is 2.97. The SMILES string of the molecule is O=C(OCCC#Cc1ccccc1)[C@@H]1CCCOC1. The van der Waals surface area contributed by atoms with Crippen LogP contribution in [0.15, 0.2) is 30.3 Å². The Labute approximate surface area is 113 Å². The second kappa shape index (κ2) is 7.60. The van der Waals surface area contributed by atoms with Crippen LogP contribution in [0.5, 0.6) is 0 Å². The van der Waals surface area contributed by atoms with Gasteiger partial charge >= 0.3 is 5.97 Å². The highest BCUT2D eigenvalue weighted by molar-refractivity contribution is 5.72. The molecule has 0 radical (unpaired) electrons. The Balaban J connectivity index is 1.66. The molecule has 1 fully saturated rings. The van der Waals surface area contributed by atoms with Gasteiger partial charge in [0.15, 0.2) is 0 Å². The summed E-state index contributed by atoms with van der Waals surface area (Å²) < 4.78 is 10.5. The van der Waals surface area contributed by atoms with E-state index in [-0.39, 0.29) is 11.9 Å². The number of hydrogen-bond donors (Lipinski definition) is 0. The number of carbonyl (C=O) groups is 1. The molecular formula is C16H18O3. The summed E-state index contributed by atoms with van der Waals surface area (Å²) in [4.78, 5) is 11.7. The van der Waals surface area contributed by atoms with Crippen LogP contribution in [0.25, 0.3) is 0 Å². The minimum atomic E-state index is -0.152. The molecule has 0 N–H and O–H groups in total. The largest absolute Gasteiger partial charge is 0.464 e. The summed E-state index contributed by atoms with van der Waals surface area (Å²) in [6.07, 6.45) is 2.37. The molecule has 0 unspecified atom stereocenters. The molecule has 100 valence electrons. The maximum Gasteiger partial charge on any atom is 0.311 e. The van der Waals surface area contributed by atoms with Crippen LogP contribution in [0.2, 0.25) is 0 Å². The van der Waals surface area contributed by atoms with Gasteiger partial charge in [0, 0.05) is 18.6 Å². The maximum atomic E-state index is 11.7. The molecule has 1 aliphatic heterocycles. The van der Waals surface area contributed by atoms with Gasteiger partial charge in [-0.3, -0.25) is 4.79 Å². The first-order valence-corrected chi connectivity index (χ1v) is 6.64. The van der Waals surface area contributed by atoms with E-state index in [9.17, 15) is 4.79 Å². The molecule has 0 saturated carbocycles. The summed E-state index contributed by atoms with van der Waals surface area (Å²) in [6, 6.07) is 9.77. The standard InChI is InChI=1S/C16H18O3/c17-16(15-10-6-11-18-13-15)19-12-5-4-9-14-7-2-1-3-8-14/h1-3,7-8,15H,5-6,10-13H2/t15-/m1/s1. The minimum Gasteiger partial charge on any atom is -0.464 e. The molecule has 1 aliphatic rings. The zero-order valence-corrected chi connectivity index (χ0v) is 10.9. The fourth-order valence-electron chi connectivity index (χ4n) is 1.93. The lowest BCUT2D eigenvalue weighted by Gasteiger charge is -2.20. The summed E-state index contributed by atoms with van der Waals surface area (Å²) in [6.45, 7) is 1.61. The lowest BCUT2D eigenvalue weighted by atomic mass is 10.0. The van der Waals surface area contributed by atoms with E-state index < -0.39 is 0 Å². The van der Waals surface area contributed by atoms with Gasteiger partial charge in [0.05, 0.1) is 12.5 Å². The first-order valence-electron chi connectivity index (χ1n) is 6.64. The zero-order chi connectivity index (χ0) is 13.3. The van der Waals surface area contributed by atoms with Gasteiger partial charge in [0.1, 0.15) is 6.61 Å². The Bertz CT molecular complexity index is 450. The van der Waals surface area contributed by atoms with E-state index in [0.29, 0.717) is 19.6 Å². The summed E-state index contributed by atoms with van der Waals surface area (Å²) >= 11 is 0. The molecule has 3 nitrogen and oxygen atoms in total. The predicted octanol–water partition coefficient (Wildman–Crippen LogP) is 2.40. The van der Waals surface area contributed by atoms with E-state index in [1.165, 1.54) is 0 Å². The smallest absolute Gasteiger partial charge is 0.311 e. The average Bonchev–Trinajstić information content (AvgIpc) is 2.49. The predicted molar refractivity (Wildman–Crippen MR) is 72.4 cm³/mol. The van der Waals surface area contributed by atoms with Crippen LogP contribution in [0.1, 0.15) is 24.8 Å². The van der Waals surface area contributed by atoms with E-state index in [4.69, 9.17) is 9.47 Å². The molecule has 0 amide bonds. The van der Waals surface area contributed by atoms with Gasteiger partial charge < -0.3 is 9.47 Å². The normalized spacial score (nSPS) is 18.2. The third kappa shape index (κ3) is 4.76. The van der Waals surface area contributed by atoms with E-state index in [2.05, 4.69) is 11.8 Å². The summed E-state index contributed by atoms with van der Waals surface area (Å²) in [5.74, 6) is 5.79. The zero-order valence-electron chi connectivity index (χ0n) is 10.9. The van der Waals surface area contributed by atoms with Crippen LogP contribution in [0.3, 0.4) is 0 Å². The second-order valence-corrected chi connectivity index (χ2v) is 4.50. The highest BCUT2D eigenvalue weighted by atomic mass is 16.5. The number of esters is 1. The Morgan fingerprint density at radius 2 is 2.21 bits per heavy atom. The molecule has 2 rings (SSSR count). The summed E-state index contributed by atoms with van der Waals surface area (Å²) in [7, 11) is 0. The second-order valence-electron chi connectivity index (χ2n) is 4.50. The number of hydrogen-bond acceptors (Lipinski definition) is 3. The van der Waals surface area contributed by atoms with Crippen molar-refractivity contribution >= 4 is 5.97 Å². The lowest BCUT2D eigenvalue weighted by Crippen LogP contribution is -2.27. The third-order valence-corrected chi connectivity index (χ3v) is 2.97. The molecule has 1 aromatic rings. The Morgan fingerprint density at radius 3 is 2.95 bits per heavy atom. The van der Waals surface area contributed by atoms with Crippen molar-refractivity contribution in [1.29, 1.82) is 0 Å². The summed E-state index contributed by atoms with van der Waals surface area (Å²) in [5, 5.41) is 0. The summed E-state index contributed by atoms with van der Waals surface area (Å²) in [5.41, 5.74) is 0.981. The molecule has 0 spiro atoms. The van der Waals surface area contributed by atoms with Crippen molar-refractivity contribution in [2.75, 3.05) is 19.8 Å². The lowest BCUT2D eigenvalue weighted by molar-refractivity contribution is -0.152. The molecule has 1 atom stereocenters. The molecule has 0 bridgehead atoms. The van der Waals surface area contributed by atoms with Gasteiger partial charge in [-0.1, -0.05) is 30.0 Å². The van der Waals surface area contributed by atoms with Gasteiger partial charge in [0.2, 0.25) is 0 Å². The number of ether oxygens (including phenoxy) is 2. The van der Waals surface area contributed by atoms with E-state index >= 15 is 0 Å². The molecule has 3 heteroatoms. The van der Waals surface area contributed by atoms with E-state index in [0.717, 1.165) is 25.0 Å². The highest BCUT2D eigenvalue weighted by Gasteiger charge is 2.22. The molecule has 1 saturated heterocycles. The maximum absolute atomic E-state index is 11.7. The van der Waals surface area contributed by atoms with Crippen LogP contribution in [-0.2, 0) is 14.3 Å². The Kier molecular flexibility index (Phi) is 5.46. The molecule has 1 aromatic carbocycles. The monoisotopic (exact) mass is 258 g/mol. The molecule has 0 aliphatic carbocycles. The Hall–Kier alpha value is -1.79. The van der Waals surface area contributed by atoms with Crippen molar-refractivity contribution in [2.24, 2.45) is 5.92 Å². The van der Waals surface area contributed by atoms with Crippen molar-refractivity contribution in [3.05, 3.63) is 35.9 Å². The van der Waals surface area contributed by atoms with Crippen molar-refractivity contribution in [3.63, 3.8) is 0 Å². The fraction of sp³-hybridized carbons (Fsp3) is 0.438. The van der Waals surface area contributed by atoms with Crippen molar-refractivity contribution < 1.29 is 14.3 Å². The van der Waals surface area contributed by atoms with Crippen LogP contribution >= 0.6 is 0 Å². The Morgan fingerprint density at radius 1 is 1.37 bits per heavy atom. The van der Waals surface area contributed by atoms with Gasteiger partial charge in [-0.15, -0.1) is 0 Å². The van der Waals surface area contributed by atoms with Gasteiger partial charge in [-0.25, -0.2) is 0 Å². The van der Waals surface area contributed by atoms with Gasteiger partial charge in [0.25, 0.3) is 0 Å². The van der Waals surface area contributed by atoms with Crippen molar-refractivity contribution in [1.82, 2.24) is 0 Å². The first kappa shape index (κ1) is 13.6. The number of rotatable bonds is 3.